The molecule has 5 heteroatoms. The molecule has 0 radical (unpaired) electrons. The van der Waals surface area contributed by atoms with E-state index < -0.39 is 5.97 Å². The van der Waals surface area contributed by atoms with Crippen molar-refractivity contribution in [2.45, 2.75) is 0 Å². The molecule has 0 saturated carbocycles. The lowest BCUT2D eigenvalue weighted by Crippen LogP contribution is -1.96. The van der Waals surface area contributed by atoms with Gasteiger partial charge in [-0.3, -0.25) is 4.99 Å². The molecular weight excluding hydrogens is 314 g/mol. The molecular formula is C18H12ClNO3. The summed E-state index contributed by atoms with van der Waals surface area (Å²) in [5.41, 5.74) is 0.817. The fourth-order valence-corrected chi connectivity index (χ4v) is 2.52. The van der Waals surface area contributed by atoms with Crippen LogP contribution in [0.4, 0.5) is 5.69 Å². The number of nitrogens with zero attached hydrogens (tertiary/aromatic N) is 1. The normalized spacial score (nSPS) is 11.2. The van der Waals surface area contributed by atoms with E-state index in [1.807, 2.05) is 30.3 Å². The van der Waals surface area contributed by atoms with Crippen molar-refractivity contribution in [1.29, 1.82) is 0 Å². The van der Waals surface area contributed by atoms with E-state index in [1.165, 1.54) is 18.3 Å². The summed E-state index contributed by atoms with van der Waals surface area (Å²) in [6, 6.07) is 15.4. The predicted molar refractivity (Wildman–Crippen MR) is 91.3 cm³/mol. The Labute approximate surface area is 137 Å². The molecule has 0 unspecified atom stereocenters. The summed E-state index contributed by atoms with van der Waals surface area (Å²) in [6.45, 7) is 0. The Morgan fingerprint density at radius 3 is 2.65 bits per heavy atom. The van der Waals surface area contributed by atoms with Crippen molar-refractivity contribution in [2.75, 3.05) is 0 Å². The molecule has 0 aliphatic rings. The van der Waals surface area contributed by atoms with E-state index in [4.69, 9.17) is 11.6 Å². The number of benzene rings is 3. The number of phenols is 1. The molecule has 4 nitrogen and oxygen atoms in total. The summed E-state index contributed by atoms with van der Waals surface area (Å²) in [6.07, 6.45) is 1.47. The zero-order valence-electron chi connectivity index (χ0n) is 11.9. The minimum absolute atomic E-state index is 0.00785. The number of rotatable bonds is 3. The fraction of sp³-hybridized carbons (Fsp3) is 0. The molecule has 0 saturated heterocycles. The smallest absolute Gasteiger partial charge is 0.337 e. The maximum atomic E-state index is 11.3. The molecule has 0 aromatic heterocycles. The number of carboxylic acid groups (broad SMARTS) is 1. The molecule has 0 aliphatic heterocycles. The summed E-state index contributed by atoms with van der Waals surface area (Å²) in [5.74, 6) is -1.03. The molecule has 3 aromatic rings. The van der Waals surface area contributed by atoms with Crippen LogP contribution in [0.25, 0.3) is 10.8 Å². The molecule has 2 N–H and O–H groups in total. The van der Waals surface area contributed by atoms with Crippen LogP contribution in [0, 0.1) is 0 Å². The number of aromatic hydroxyl groups is 1. The van der Waals surface area contributed by atoms with Crippen LogP contribution < -0.4 is 0 Å². The van der Waals surface area contributed by atoms with Gasteiger partial charge >= 0.3 is 5.97 Å². The lowest BCUT2D eigenvalue weighted by Gasteiger charge is -2.05. The summed E-state index contributed by atoms with van der Waals surface area (Å²) in [7, 11) is 0. The molecule has 114 valence electrons. The third-order valence-electron chi connectivity index (χ3n) is 3.47. The van der Waals surface area contributed by atoms with Gasteiger partial charge in [-0.2, -0.15) is 0 Å². The molecule has 3 rings (SSSR count). The van der Waals surface area contributed by atoms with Crippen molar-refractivity contribution in [3.63, 3.8) is 0 Å². The Morgan fingerprint density at radius 1 is 1.09 bits per heavy atom. The van der Waals surface area contributed by atoms with Crippen molar-refractivity contribution < 1.29 is 15.0 Å². The molecule has 0 bridgehead atoms. The van der Waals surface area contributed by atoms with Gasteiger partial charge in [0.2, 0.25) is 0 Å². The lowest BCUT2D eigenvalue weighted by molar-refractivity contribution is 0.0698. The van der Waals surface area contributed by atoms with Gasteiger partial charge in [0.05, 0.1) is 11.3 Å². The zero-order chi connectivity index (χ0) is 16.4. The van der Waals surface area contributed by atoms with Gasteiger partial charge < -0.3 is 10.2 Å². The standard InChI is InChI=1S/C18H12ClNO3/c19-12-6-7-16(14(9-12)18(22)23)20-10-15-13-4-2-1-3-11(13)5-8-17(15)21/h1-10,21H,(H,22,23). The predicted octanol–water partition coefficient (Wildman–Crippen LogP) is 4.65. The first-order chi connectivity index (χ1) is 11.1. The number of phenolic OH excluding ortho intramolecular Hbond substituents is 1. The van der Waals surface area contributed by atoms with Crippen LogP contribution in [0.15, 0.2) is 59.6 Å². The highest BCUT2D eigenvalue weighted by atomic mass is 35.5. The number of fused-ring (bicyclic) bond motifs is 1. The maximum Gasteiger partial charge on any atom is 0.337 e. The number of carboxylic acids is 1. The molecule has 0 atom stereocenters. The van der Waals surface area contributed by atoms with Crippen molar-refractivity contribution in [1.82, 2.24) is 0 Å². The molecule has 0 heterocycles. The number of hydrogen-bond acceptors (Lipinski definition) is 3. The largest absolute Gasteiger partial charge is 0.507 e. The van der Waals surface area contributed by atoms with Crippen molar-refractivity contribution >= 4 is 40.2 Å². The first-order valence-electron chi connectivity index (χ1n) is 6.84. The van der Waals surface area contributed by atoms with Gasteiger partial charge in [-0.1, -0.05) is 41.9 Å². The molecule has 0 amide bonds. The highest BCUT2D eigenvalue weighted by Crippen LogP contribution is 2.28. The highest BCUT2D eigenvalue weighted by molar-refractivity contribution is 6.31. The third kappa shape index (κ3) is 3.03. The molecule has 0 spiro atoms. The van der Waals surface area contributed by atoms with E-state index >= 15 is 0 Å². The van der Waals surface area contributed by atoms with Gasteiger partial charge in [-0.05, 0) is 35.0 Å². The van der Waals surface area contributed by atoms with E-state index in [2.05, 4.69) is 4.99 Å². The van der Waals surface area contributed by atoms with E-state index in [0.29, 0.717) is 10.6 Å². The second-order valence-corrected chi connectivity index (χ2v) is 5.38. The van der Waals surface area contributed by atoms with Crippen molar-refractivity contribution in [3.05, 3.63) is 70.7 Å². The first-order valence-corrected chi connectivity index (χ1v) is 7.21. The topological polar surface area (TPSA) is 69.9 Å². The second kappa shape index (κ2) is 6.10. The van der Waals surface area contributed by atoms with Gasteiger partial charge in [-0.25, -0.2) is 4.79 Å². The molecule has 23 heavy (non-hydrogen) atoms. The Balaban J connectivity index is 2.11. The van der Waals surface area contributed by atoms with Gasteiger partial charge in [0, 0.05) is 16.8 Å². The van der Waals surface area contributed by atoms with Crippen LogP contribution in [-0.4, -0.2) is 22.4 Å². The number of aromatic carboxylic acids is 1. The van der Waals surface area contributed by atoms with Crippen LogP contribution in [0.1, 0.15) is 15.9 Å². The first kappa shape index (κ1) is 15.1. The quantitative estimate of drug-likeness (QED) is 0.689. The number of hydrogen-bond donors (Lipinski definition) is 2. The average molecular weight is 326 g/mol. The van der Waals surface area contributed by atoms with Gasteiger partial charge in [0.15, 0.2) is 0 Å². The van der Waals surface area contributed by atoms with E-state index in [-0.39, 0.29) is 17.0 Å². The van der Waals surface area contributed by atoms with Crippen LogP contribution >= 0.6 is 11.6 Å². The van der Waals surface area contributed by atoms with Gasteiger partial charge in [0.25, 0.3) is 0 Å². The number of aliphatic imine (C=N–C) groups is 1. The van der Waals surface area contributed by atoms with Crippen LogP contribution in [0.3, 0.4) is 0 Å². The minimum Gasteiger partial charge on any atom is -0.507 e. The monoisotopic (exact) mass is 325 g/mol. The van der Waals surface area contributed by atoms with Crippen LogP contribution in [0.2, 0.25) is 5.02 Å². The Kier molecular flexibility index (Phi) is 4.00. The van der Waals surface area contributed by atoms with E-state index in [9.17, 15) is 15.0 Å². The minimum atomic E-state index is -1.11. The third-order valence-corrected chi connectivity index (χ3v) is 3.70. The Hall–Kier alpha value is -2.85. The van der Waals surface area contributed by atoms with Gasteiger partial charge in [0.1, 0.15) is 5.75 Å². The number of halogens is 1. The second-order valence-electron chi connectivity index (χ2n) is 4.94. The zero-order valence-corrected chi connectivity index (χ0v) is 12.7. The summed E-state index contributed by atoms with van der Waals surface area (Å²) >= 11 is 5.83. The van der Waals surface area contributed by atoms with Crippen molar-refractivity contribution in [3.8, 4) is 5.75 Å². The average Bonchev–Trinajstić information content (AvgIpc) is 2.54. The lowest BCUT2D eigenvalue weighted by atomic mass is 10.0. The number of carbonyl (C=O) groups is 1. The summed E-state index contributed by atoms with van der Waals surface area (Å²) in [5, 5.41) is 21.4. The van der Waals surface area contributed by atoms with Crippen LogP contribution in [0.5, 0.6) is 5.75 Å². The Bertz CT molecular complexity index is 935. The van der Waals surface area contributed by atoms with Gasteiger partial charge in [-0.15, -0.1) is 0 Å². The fourth-order valence-electron chi connectivity index (χ4n) is 2.35. The van der Waals surface area contributed by atoms with E-state index in [0.717, 1.165) is 10.8 Å². The van der Waals surface area contributed by atoms with Crippen LogP contribution in [-0.2, 0) is 0 Å². The molecule has 0 aliphatic carbocycles. The summed E-state index contributed by atoms with van der Waals surface area (Å²) in [4.78, 5) is 15.5. The van der Waals surface area contributed by atoms with E-state index in [1.54, 1.807) is 12.1 Å². The highest BCUT2D eigenvalue weighted by Gasteiger charge is 2.10. The SMILES string of the molecule is O=C(O)c1cc(Cl)ccc1N=Cc1c(O)ccc2ccccc12. The van der Waals surface area contributed by atoms with Crippen molar-refractivity contribution in [2.24, 2.45) is 4.99 Å². The Morgan fingerprint density at radius 2 is 1.87 bits per heavy atom. The molecule has 0 fully saturated rings. The summed E-state index contributed by atoms with van der Waals surface area (Å²) < 4.78 is 0. The maximum absolute atomic E-state index is 11.3. The molecule has 3 aromatic carbocycles.